The standard InChI is InChI=1S/C9H12O3/c1-3-4-7(2)9(10)12-6-8-5-11-8/h3-4,8H,1,5-6H2,2H3/b7-4+. The van der Waals surface area contributed by atoms with E-state index in [0.29, 0.717) is 18.8 Å². The van der Waals surface area contributed by atoms with E-state index in [1.807, 2.05) is 0 Å². The van der Waals surface area contributed by atoms with Crippen LogP contribution in [0.3, 0.4) is 0 Å². The first-order valence-corrected chi connectivity index (χ1v) is 3.82. The molecule has 1 fully saturated rings. The normalized spacial score (nSPS) is 21.8. The van der Waals surface area contributed by atoms with Crippen LogP contribution in [0.1, 0.15) is 6.92 Å². The summed E-state index contributed by atoms with van der Waals surface area (Å²) in [5.74, 6) is -0.301. The molecule has 1 rings (SSSR count). The molecular formula is C9H12O3. The van der Waals surface area contributed by atoms with E-state index in [1.165, 1.54) is 0 Å². The van der Waals surface area contributed by atoms with Gasteiger partial charge in [-0.2, -0.15) is 0 Å². The van der Waals surface area contributed by atoms with E-state index in [1.54, 1.807) is 19.1 Å². The van der Waals surface area contributed by atoms with Crippen molar-refractivity contribution in [1.29, 1.82) is 0 Å². The molecule has 0 bridgehead atoms. The minimum absolute atomic E-state index is 0.130. The fourth-order valence-corrected chi connectivity index (χ4v) is 0.692. The van der Waals surface area contributed by atoms with Crippen molar-refractivity contribution in [3.63, 3.8) is 0 Å². The number of hydrogen-bond acceptors (Lipinski definition) is 3. The molecule has 0 saturated carbocycles. The molecule has 1 heterocycles. The number of allylic oxidation sites excluding steroid dienone is 2. The lowest BCUT2D eigenvalue weighted by Gasteiger charge is -2.00. The van der Waals surface area contributed by atoms with Crippen molar-refractivity contribution in [3.8, 4) is 0 Å². The molecule has 0 N–H and O–H groups in total. The molecule has 12 heavy (non-hydrogen) atoms. The maximum Gasteiger partial charge on any atom is 0.333 e. The molecule has 1 aliphatic rings. The van der Waals surface area contributed by atoms with E-state index in [0.717, 1.165) is 0 Å². The molecule has 1 atom stereocenters. The quantitative estimate of drug-likeness (QED) is 0.273. The Morgan fingerprint density at radius 1 is 1.83 bits per heavy atom. The van der Waals surface area contributed by atoms with Crippen LogP contribution >= 0.6 is 0 Å². The summed E-state index contributed by atoms with van der Waals surface area (Å²) < 4.78 is 9.78. The van der Waals surface area contributed by atoms with Crippen LogP contribution in [0.2, 0.25) is 0 Å². The summed E-state index contributed by atoms with van der Waals surface area (Å²) in [5.41, 5.74) is 0.561. The third-order valence-electron chi connectivity index (χ3n) is 1.49. The first-order chi connectivity index (χ1) is 5.74. The molecule has 1 unspecified atom stereocenters. The molecule has 1 aliphatic heterocycles. The zero-order valence-electron chi connectivity index (χ0n) is 7.08. The zero-order chi connectivity index (χ0) is 8.97. The zero-order valence-corrected chi connectivity index (χ0v) is 7.08. The number of carbonyl (C=O) groups excluding carboxylic acids is 1. The van der Waals surface area contributed by atoms with E-state index in [9.17, 15) is 4.79 Å². The highest BCUT2D eigenvalue weighted by molar-refractivity contribution is 5.88. The molecule has 3 nitrogen and oxygen atoms in total. The van der Waals surface area contributed by atoms with Gasteiger partial charge in [0.2, 0.25) is 0 Å². The molecule has 0 radical (unpaired) electrons. The van der Waals surface area contributed by atoms with E-state index in [-0.39, 0.29) is 12.1 Å². The monoisotopic (exact) mass is 168 g/mol. The molecule has 0 aromatic heterocycles. The van der Waals surface area contributed by atoms with Crippen molar-refractivity contribution < 1.29 is 14.3 Å². The summed E-state index contributed by atoms with van der Waals surface area (Å²) in [7, 11) is 0. The lowest BCUT2D eigenvalue weighted by atomic mass is 10.3. The second kappa shape index (κ2) is 4.07. The first kappa shape index (κ1) is 9.00. The number of ether oxygens (including phenoxy) is 2. The predicted octanol–water partition coefficient (Wildman–Crippen LogP) is 1.06. The van der Waals surface area contributed by atoms with Crippen LogP contribution in [0.4, 0.5) is 0 Å². The van der Waals surface area contributed by atoms with Crippen molar-refractivity contribution in [2.24, 2.45) is 0 Å². The Hall–Kier alpha value is -1.09. The highest BCUT2D eigenvalue weighted by Gasteiger charge is 2.24. The van der Waals surface area contributed by atoms with Gasteiger partial charge < -0.3 is 9.47 Å². The SMILES string of the molecule is C=C/C=C(\C)C(=O)OCC1CO1. The maximum absolute atomic E-state index is 11.1. The van der Waals surface area contributed by atoms with Crippen molar-refractivity contribution in [2.75, 3.05) is 13.2 Å². The Balaban J connectivity index is 2.25. The van der Waals surface area contributed by atoms with Gasteiger partial charge in [-0.05, 0) is 6.92 Å². The van der Waals surface area contributed by atoms with Crippen molar-refractivity contribution >= 4 is 5.97 Å². The van der Waals surface area contributed by atoms with Crippen molar-refractivity contribution in [2.45, 2.75) is 13.0 Å². The van der Waals surface area contributed by atoms with Gasteiger partial charge >= 0.3 is 5.97 Å². The molecule has 0 spiro atoms. The first-order valence-electron chi connectivity index (χ1n) is 3.82. The minimum Gasteiger partial charge on any atom is -0.459 e. The van der Waals surface area contributed by atoms with E-state index >= 15 is 0 Å². The van der Waals surface area contributed by atoms with Gasteiger partial charge in [-0.15, -0.1) is 0 Å². The summed E-state index contributed by atoms with van der Waals surface area (Å²) in [4.78, 5) is 11.1. The van der Waals surface area contributed by atoms with Gasteiger partial charge in [0.25, 0.3) is 0 Å². The van der Waals surface area contributed by atoms with Gasteiger partial charge in [0, 0.05) is 5.57 Å². The summed E-state index contributed by atoms with van der Waals surface area (Å²) in [6, 6.07) is 0. The van der Waals surface area contributed by atoms with Gasteiger partial charge in [0.05, 0.1) is 6.61 Å². The fraction of sp³-hybridized carbons (Fsp3) is 0.444. The van der Waals surface area contributed by atoms with Gasteiger partial charge in [-0.3, -0.25) is 0 Å². The highest BCUT2D eigenvalue weighted by Crippen LogP contribution is 2.09. The van der Waals surface area contributed by atoms with E-state index < -0.39 is 0 Å². The molecular weight excluding hydrogens is 156 g/mol. The van der Waals surface area contributed by atoms with Crippen LogP contribution in [0.5, 0.6) is 0 Å². The Labute approximate surface area is 71.7 Å². The van der Waals surface area contributed by atoms with Crippen LogP contribution in [-0.4, -0.2) is 25.3 Å². The Morgan fingerprint density at radius 3 is 3.00 bits per heavy atom. The molecule has 0 aromatic carbocycles. The maximum atomic E-state index is 11.1. The number of carbonyl (C=O) groups is 1. The van der Waals surface area contributed by atoms with Crippen LogP contribution in [0, 0.1) is 0 Å². The summed E-state index contributed by atoms with van der Waals surface area (Å²) in [5, 5.41) is 0. The summed E-state index contributed by atoms with van der Waals surface area (Å²) in [6.45, 7) is 6.24. The topological polar surface area (TPSA) is 38.8 Å². The third-order valence-corrected chi connectivity index (χ3v) is 1.49. The number of epoxide rings is 1. The van der Waals surface area contributed by atoms with Gasteiger partial charge in [0.15, 0.2) is 0 Å². The molecule has 0 aromatic rings. The largest absolute Gasteiger partial charge is 0.459 e. The molecule has 1 saturated heterocycles. The lowest BCUT2D eigenvalue weighted by molar-refractivity contribution is -0.139. The van der Waals surface area contributed by atoms with Crippen molar-refractivity contribution in [3.05, 3.63) is 24.3 Å². The second-order valence-electron chi connectivity index (χ2n) is 2.64. The molecule has 66 valence electrons. The average molecular weight is 168 g/mol. The average Bonchev–Trinajstić information content (AvgIpc) is 2.83. The van der Waals surface area contributed by atoms with Crippen LogP contribution in [-0.2, 0) is 14.3 Å². The molecule has 0 amide bonds. The van der Waals surface area contributed by atoms with Gasteiger partial charge in [0.1, 0.15) is 12.7 Å². The Kier molecular flexibility index (Phi) is 3.05. The van der Waals surface area contributed by atoms with Crippen LogP contribution in [0.15, 0.2) is 24.3 Å². The van der Waals surface area contributed by atoms with Gasteiger partial charge in [-0.25, -0.2) is 4.79 Å². The smallest absolute Gasteiger partial charge is 0.333 e. The highest BCUT2D eigenvalue weighted by atomic mass is 16.6. The number of hydrogen-bond donors (Lipinski definition) is 0. The number of rotatable bonds is 4. The van der Waals surface area contributed by atoms with Gasteiger partial charge in [-0.1, -0.05) is 18.7 Å². The Bertz CT molecular complexity index is 214. The molecule has 3 heteroatoms. The second-order valence-corrected chi connectivity index (χ2v) is 2.64. The van der Waals surface area contributed by atoms with Crippen LogP contribution < -0.4 is 0 Å². The Morgan fingerprint density at radius 2 is 2.50 bits per heavy atom. The minimum atomic E-state index is -0.301. The summed E-state index contributed by atoms with van der Waals surface area (Å²) in [6.07, 6.45) is 3.31. The summed E-state index contributed by atoms with van der Waals surface area (Å²) >= 11 is 0. The van der Waals surface area contributed by atoms with E-state index in [4.69, 9.17) is 9.47 Å². The van der Waals surface area contributed by atoms with E-state index in [2.05, 4.69) is 6.58 Å². The van der Waals surface area contributed by atoms with Crippen LogP contribution in [0.25, 0.3) is 0 Å². The number of esters is 1. The molecule has 0 aliphatic carbocycles. The lowest BCUT2D eigenvalue weighted by Crippen LogP contribution is -2.10. The van der Waals surface area contributed by atoms with Crippen molar-refractivity contribution in [1.82, 2.24) is 0 Å². The fourth-order valence-electron chi connectivity index (χ4n) is 0.692. The third kappa shape index (κ3) is 2.88. The predicted molar refractivity (Wildman–Crippen MR) is 44.7 cm³/mol.